The first-order valence-electron chi connectivity index (χ1n) is 10.4. The molecule has 0 aliphatic carbocycles. The van der Waals surface area contributed by atoms with Crippen LogP contribution < -0.4 is 15.5 Å². The summed E-state index contributed by atoms with van der Waals surface area (Å²) in [5.74, 6) is 0.339. The number of hydrogen-bond acceptors (Lipinski definition) is 6. The number of carbonyl (C=O) groups is 1. The summed E-state index contributed by atoms with van der Waals surface area (Å²) in [4.78, 5) is 19.1. The number of nitrogens with one attached hydrogen (secondary N) is 2. The number of methoxy groups -OCH3 is 1. The maximum absolute atomic E-state index is 13.9. The molecule has 3 heterocycles. The Labute approximate surface area is 186 Å². The topological polar surface area (TPSA) is 84.3 Å². The van der Waals surface area contributed by atoms with E-state index in [2.05, 4.69) is 20.7 Å². The smallest absolute Gasteiger partial charge is 0.249 e. The lowest BCUT2D eigenvalue weighted by Crippen LogP contribution is -2.52. The van der Waals surface area contributed by atoms with Crippen LogP contribution in [0.4, 0.5) is 21.6 Å². The van der Waals surface area contributed by atoms with Crippen LogP contribution in [0.2, 0.25) is 0 Å². The summed E-state index contributed by atoms with van der Waals surface area (Å²) >= 11 is 0. The van der Waals surface area contributed by atoms with Crippen LogP contribution in [0.1, 0.15) is 23.7 Å². The second-order valence-electron chi connectivity index (χ2n) is 7.96. The number of halogens is 1. The van der Waals surface area contributed by atoms with Crippen LogP contribution in [-0.4, -0.2) is 47.0 Å². The molecule has 4 rings (SSSR count). The summed E-state index contributed by atoms with van der Waals surface area (Å²) in [7, 11) is 3.48. The van der Waals surface area contributed by atoms with Gasteiger partial charge in [-0.05, 0) is 19.9 Å². The second kappa shape index (κ2) is 8.96. The number of ether oxygens (including phenoxy) is 1. The molecule has 0 spiro atoms. The fourth-order valence-electron chi connectivity index (χ4n) is 3.94. The number of benzene rings is 1. The van der Waals surface area contributed by atoms with Gasteiger partial charge >= 0.3 is 0 Å². The van der Waals surface area contributed by atoms with Crippen LogP contribution in [0.3, 0.4) is 0 Å². The van der Waals surface area contributed by atoms with E-state index < -0.39 is 6.04 Å². The fraction of sp³-hybridized carbons (Fsp3) is 0.348. The molecule has 1 amide bonds. The molecule has 168 valence electrons. The molecular formula is C23H27FN6O2. The van der Waals surface area contributed by atoms with Crippen molar-refractivity contribution in [2.45, 2.75) is 39.1 Å². The highest BCUT2D eigenvalue weighted by Gasteiger charge is 2.36. The Balaban J connectivity index is 1.48. The number of nitrogens with zero attached hydrogens (tertiary/aromatic N) is 4. The van der Waals surface area contributed by atoms with Gasteiger partial charge in [-0.25, -0.2) is 9.37 Å². The molecular weight excluding hydrogens is 411 g/mol. The van der Waals surface area contributed by atoms with Gasteiger partial charge < -0.3 is 20.3 Å². The van der Waals surface area contributed by atoms with Gasteiger partial charge in [0.2, 0.25) is 5.91 Å². The molecule has 1 aromatic carbocycles. The van der Waals surface area contributed by atoms with Gasteiger partial charge in [-0.2, -0.15) is 5.10 Å². The first-order valence-corrected chi connectivity index (χ1v) is 10.4. The molecule has 1 unspecified atom stereocenters. The van der Waals surface area contributed by atoms with Crippen LogP contribution >= 0.6 is 0 Å². The number of rotatable bonds is 7. The lowest BCUT2D eigenvalue weighted by Gasteiger charge is -2.38. The Kier molecular flexibility index (Phi) is 6.09. The second-order valence-corrected chi connectivity index (χ2v) is 7.96. The van der Waals surface area contributed by atoms with Gasteiger partial charge in [-0.1, -0.05) is 18.2 Å². The lowest BCUT2D eigenvalue weighted by atomic mass is 10.0. The van der Waals surface area contributed by atoms with E-state index in [-0.39, 0.29) is 17.8 Å². The van der Waals surface area contributed by atoms with Gasteiger partial charge in [-0.15, -0.1) is 0 Å². The number of likely N-dealkylation sites (N-methyl/N-ethyl adjacent to an activating group) is 1. The Morgan fingerprint density at radius 2 is 2.12 bits per heavy atom. The number of aromatic nitrogens is 3. The van der Waals surface area contributed by atoms with Gasteiger partial charge in [0.1, 0.15) is 17.7 Å². The molecule has 0 bridgehead atoms. The van der Waals surface area contributed by atoms with E-state index in [4.69, 9.17) is 4.74 Å². The van der Waals surface area contributed by atoms with Crippen LogP contribution in [0, 0.1) is 12.7 Å². The van der Waals surface area contributed by atoms with E-state index in [1.165, 1.54) is 6.07 Å². The van der Waals surface area contributed by atoms with Gasteiger partial charge in [0.05, 0.1) is 35.9 Å². The van der Waals surface area contributed by atoms with Gasteiger partial charge in [0.15, 0.2) is 0 Å². The van der Waals surface area contributed by atoms with Crippen LogP contribution in [0.5, 0.6) is 0 Å². The maximum atomic E-state index is 13.9. The third kappa shape index (κ3) is 4.29. The summed E-state index contributed by atoms with van der Waals surface area (Å²) in [6.45, 7) is 4.62. The molecule has 1 aliphatic rings. The molecule has 2 atom stereocenters. The minimum Gasteiger partial charge on any atom is -0.379 e. The SMILES string of the molecule is CO[C@H](C)C1C(=O)Nc2c(cc(NCc3cnn(Cc4ccccc4F)c3)nc2C)N1C. The van der Waals surface area contributed by atoms with Crippen molar-refractivity contribution in [3.8, 4) is 0 Å². The number of amides is 1. The zero-order valence-electron chi connectivity index (χ0n) is 18.6. The zero-order chi connectivity index (χ0) is 22.8. The van der Waals surface area contributed by atoms with Crippen molar-refractivity contribution in [2.24, 2.45) is 0 Å². The normalized spacial score (nSPS) is 16.5. The summed E-state index contributed by atoms with van der Waals surface area (Å²) in [5, 5.41) is 10.6. The number of aryl methyl sites for hydroxylation is 1. The Bertz CT molecular complexity index is 1130. The predicted octanol–water partition coefficient (Wildman–Crippen LogP) is 3.18. The lowest BCUT2D eigenvalue weighted by molar-refractivity contribution is -0.120. The summed E-state index contributed by atoms with van der Waals surface area (Å²) in [6, 6.07) is 8.17. The highest BCUT2D eigenvalue weighted by Crippen LogP contribution is 2.36. The molecule has 2 N–H and O–H groups in total. The van der Waals surface area contributed by atoms with Gasteiger partial charge in [0, 0.05) is 44.1 Å². The van der Waals surface area contributed by atoms with E-state index in [1.807, 2.05) is 44.1 Å². The van der Waals surface area contributed by atoms with E-state index in [0.717, 1.165) is 16.9 Å². The summed E-state index contributed by atoms with van der Waals surface area (Å²) in [5.41, 5.74) is 3.85. The number of carbonyl (C=O) groups excluding carboxylic acids is 1. The first-order chi connectivity index (χ1) is 15.4. The molecule has 8 nitrogen and oxygen atoms in total. The molecule has 9 heteroatoms. The van der Waals surface area contributed by atoms with Crippen molar-refractivity contribution < 1.29 is 13.9 Å². The minimum atomic E-state index is -0.432. The van der Waals surface area contributed by atoms with Crippen LogP contribution in [0.15, 0.2) is 42.7 Å². The van der Waals surface area contributed by atoms with Crippen molar-refractivity contribution in [1.82, 2.24) is 14.8 Å². The van der Waals surface area contributed by atoms with Crippen molar-refractivity contribution in [3.63, 3.8) is 0 Å². The highest BCUT2D eigenvalue weighted by molar-refractivity contribution is 6.04. The Morgan fingerprint density at radius 3 is 2.88 bits per heavy atom. The third-order valence-corrected chi connectivity index (χ3v) is 5.76. The number of pyridine rings is 1. The molecule has 0 saturated carbocycles. The standard InChI is InChI=1S/C23H27FN6O2/c1-14-21-19(29(3)22(15(2)32-4)23(31)28-21)9-20(27-14)25-10-16-11-26-30(12-16)13-17-7-5-6-8-18(17)24/h5-9,11-12,15,22H,10,13H2,1-4H3,(H,25,27)(H,28,31)/t15-,22?/m1/s1. The molecule has 3 aromatic rings. The van der Waals surface area contributed by atoms with E-state index in [0.29, 0.717) is 30.2 Å². The number of anilines is 3. The average molecular weight is 439 g/mol. The van der Waals surface area contributed by atoms with Crippen molar-refractivity contribution in [2.75, 3.05) is 29.7 Å². The Morgan fingerprint density at radius 1 is 1.34 bits per heavy atom. The minimum absolute atomic E-state index is 0.109. The summed E-state index contributed by atoms with van der Waals surface area (Å²) in [6.07, 6.45) is 3.37. The average Bonchev–Trinajstić information content (AvgIpc) is 3.22. The maximum Gasteiger partial charge on any atom is 0.249 e. The van der Waals surface area contributed by atoms with Crippen LogP contribution in [0.25, 0.3) is 0 Å². The number of hydrogen-bond donors (Lipinski definition) is 2. The third-order valence-electron chi connectivity index (χ3n) is 5.76. The molecule has 2 aromatic heterocycles. The monoisotopic (exact) mass is 438 g/mol. The fourth-order valence-corrected chi connectivity index (χ4v) is 3.94. The molecule has 32 heavy (non-hydrogen) atoms. The number of fused-ring (bicyclic) bond motifs is 1. The van der Waals surface area contributed by atoms with E-state index in [1.54, 1.807) is 30.1 Å². The van der Waals surface area contributed by atoms with Crippen LogP contribution in [-0.2, 0) is 22.6 Å². The van der Waals surface area contributed by atoms with Crippen molar-refractivity contribution >= 4 is 23.1 Å². The molecule has 0 saturated heterocycles. The zero-order valence-corrected chi connectivity index (χ0v) is 18.6. The van der Waals surface area contributed by atoms with Gasteiger partial charge in [0.25, 0.3) is 0 Å². The van der Waals surface area contributed by atoms with Gasteiger partial charge in [-0.3, -0.25) is 9.48 Å². The van der Waals surface area contributed by atoms with E-state index in [9.17, 15) is 9.18 Å². The van der Waals surface area contributed by atoms with E-state index >= 15 is 0 Å². The Hall–Kier alpha value is -3.46. The summed E-state index contributed by atoms with van der Waals surface area (Å²) < 4.78 is 21.0. The highest BCUT2D eigenvalue weighted by atomic mass is 19.1. The molecule has 1 aliphatic heterocycles. The quantitative estimate of drug-likeness (QED) is 0.590. The molecule has 0 fully saturated rings. The first kappa shape index (κ1) is 21.8. The predicted molar refractivity (Wildman–Crippen MR) is 121 cm³/mol. The largest absolute Gasteiger partial charge is 0.379 e. The molecule has 0 radical (unpaired) electrons. The van der Waals surface area contributed by atoms with Crippen molar-refractivity contribution in [3.05, 3.63) is 65.4 Å². The van der Waals surface area contributed by atoms with Crippen molar-refractivity contribution in [1.29, 1.82) is 0 Å².